The van der Waals surface area contributed by atoms with Crippen LogP contribution in [0, 0.1) is 0 Å². The van der Waals surface area contributed by atoms with Gasteiger partial charge in [-0.2, -0.15) is 0 Å². The Bertz CT molecular complexity index is 243. The van der Waals surface area contributed by atoms with Crippen LogP contribution in [0.15, 0.2) is 32.3 Å². The van der Waals surface area contributed by atoms with Crippen molar-refractivity contribution < 1.29 is 10.4 Å². The van der Waals surface area contributed by atoms with Gasteiger partial charge in [-0.15, -0.1) is 0 Å². The minimum absolute atomic E-state index is 0.845. The summed E-state index contributed by atoms with van der Waals surface area (Å²) in [4.78, 5) is 1.69. The molecule has 0 atom stereocenters. The fourth-order valence-electron chi connectivity index (χ4n) is 0.559. The van der Waals surface area contributed by atoms with Crippen LogP contribution >= 0.6 is 21.6 Å². The molecule has 1 aliphatic heterocycles. The highest BCUT2D eigenvalue weighted by molar-refractivity contribution is 8.80. The predicted octanol–water partition coefficient (Wildman–Crippen LogP) is 2.07. The Morgan fingerprint density at radius 2 is 1.42 bits per heavy atom. The van der Waals surface area contributed by atoms with Crippen LogP contribution in [0.25, 0.3) is 0 Å². The normalized spacial score (nSPS) is 18.3. The molecule has 0 saturated carbocycles. The van der Waals surface area contributed by atoms with Gasteiger partial charge in [-0.05, 0) is 12.2 Å². The Balaban J connectivity index is 2.66. The van der Waals surface area contributed by atoms with Gasteiger partial charge in [0.25, 0.3) is 0 Å². The third-order valence-electron chi connectivity index (χ3n) is 1.02. The van der Waals surface area contributed by atoms with Crippen LogP contribution in [0.5, 0.6) is 0 Å². The second kappa shape index (κ2) is 4.89. The highest BCUT2D eigenvalue weighted by Crippen LogP contribution is 2.38. The van der Waals surface area contributed by atoms with E-state index in [1.165, 1.54) is 34.0 Å². The molecule has 0 aromatic carbocycles. The summed E-state index contributed by atoms with van der Waals surface area (Å²) < 4.78 is 0. The maximum absolute atomic E-state index is 8.21. The first-order valence-corrected chi connectivity index (χ1v) is 5.13. The van der Waals surface area contributed by atoms with Crippen molar-refractivity contribution in [1.82, 2.24) is 0 Å². The summed E-state index contributed by atoms with van der Waals surface area (Å²) in [5, 5.41) is 22.2. The van der Waals surface area contributed by atoms with E-state index in [4.69, 9.17) is 10.4 Å². The zero-order chi connectivity index (χ0) is 8.81. The zero-order valence-corrected chi connectivity index (χ0v) is 7.55. The van der Waals surface area contributed by atoms with Crippen molar-refractivity contribution in [2.24, 2.45) is 10.3 Å². The zero-order valence-electron chi connectivity index (χ0n) is 5.91. The molecule has 1 heterocycles. The van der Waals surface area contributed by atoms with Gasteiger partial charge in [0.2, 0.25) is 0 Å². The lowest BCUT2D eigenvalue weighted by atomic mass is 10.4. The van der Waals surface area contributed by atoms with Gasteiger partial charge < -0.3 is 10.4 Å². The van der Waals surface area contributed by atoms with E-state index < -0.39 is 0 Å². The quantitative estimate of drug-likeness (QED) is 0.311. The lowest BCUT2D eigenvalue weighted by Crippen LogP contribution is -1.84. The summed E-state index contributed by atoms with van der Waals surface area (Å²) in [6, 6.07) is 0. The van der Waals surface area contributed by atoms with E-state index in [9.17, 15) is 0 Å². The Kier molecular flexibility index (Phi) is 3.75. The molecule has 12 heavy (non-hydrogen) atoms. The van der Waals surface area contributed by atoms with Crippen LogP contribution in [0.3, 0.4) is 0 Å². The molecule has 4 nitrogen and oxygen atoms in total. The maximum Gasteiger partial charge on any atom is 0.0806 e. The Morgan fingerprint density at radius 3 is 1.67 bits per heavy atom. The molecule has 0 fully saturated rings. The highest BCUT2D eigenvalue weighted by Gasteiger charge is 2.04. The van der Waals surface area contributed by atoms with Gasteiger partial charge in [0.15, 0.2) is 0 Å². The topological polar surface area (TPSA) is 65.2 Å². The number of nitrogens with zero attached hydrogens (tertiary/aromatic N) is 2. The molecule has 0 aromatic rings. The van der Waals surface area contributed by atoms with Gasteiger partial charge in [-0.25, -0.2) is 0 Å². The van der Waals surface area contributed by atoms with Crippen molar-refractivity contribution in [3.63, 3.8) is 0 Å². The molecule has 1 aliphatic rings. The fraction of sp³-hybridized carbons (Fsp3) is 0. The van der Waals surface area contributed by atoms with Crippen LogP contribution in [0.4, 0.5) is 0 Å². The van der Waals surface area contributed by atoms with E-state index in [-0.39, 0.29) is 0 Å². The van der Waals surface area contributed by atoms with Gasteiger partial charge in [-0.3, -0.25) is 0 Å². The summed E-state index contributed by atoms with van der Waals surface area (Å²) in [6.45, 7) is 0. The summed E-state index contributed by atoms with van der Waals surface area (Å²) in [6.07, 6.45) is 6.25. The maximum atomic E-state index is 8.21. The van der Waals surface area contributed by atoms with E-state index in [1.807, 2.05) is 0 Å². The number of allylic oxidation sites excluding steroid dienone is 4. The van der Waals surface area contributed by atoms with E-state index in [2.05, 4.69) is 10.3 Å². The lowest BCUT2D eigenvalue weighted by molar-refractivity contribution is 0.321. The molecule has 0 saturated heterocycles. The third kappa shape index (κ3) is 2.63. The molecule has 6 heteroatoms. The molecule has 2 N–H and O–H groups in total. The van der Waals surface area contributed by atoms with Crippen LogP contribution in [-0.2, 0) is 0 Å². The Morgan fingerprint density at radius 1 is 1.00 bits per heavy atom. The van der Waals surface area contributed by atoms with Crippen LogP contribution in [-0.4, -0.2) is 22.8 Å². The summed E-state index contributed by atoms with van der Waals surface area (Å²) in [5.74, 6) is 0. The Hall–Kier alpha value is -0.880. The van der Waals surface area contributed by atoms with Crippen molar-refractivity contribution in [2.45, 2.75) is 0 Å². The smallest absolute Gasteiger partial charge is 0.0806 e. The van der Waals surface area contributed by atoms with E-state index in [1.54, 1.807) is 12.2 Å². The monoisotopic (exact) mass is 202 g/mol. The van der Waals surface area contributed by atoms with Crippen LogP contribution in [0.2, 0.25) is 0 Å². The van der Waals surface area contributed by atoms with Crippen molar-refractivity contribution >= 4 is 34.0 Å². The average molecular weight is 202 g/mol. The van der Waals surface area contributed by atoms with Gasteiger partial charge >= 0.3 is 0 Å². The van der Waals surface area contributed by atoms with Gasteiger partial charge in [-0.1, -0.05) is 31.9 Å². The van der Waals surface area contributed by atoms with Gasteiger partial charge in [0.05, 0.1) is 12.4 Å². The molecule has 0 radical (unpaired) electrons. The average Bonchev–Trinajstić information content (AvgIpc) is 2.09. The highest BCUT2D eigenvalue weighted by atomic mass is 33.1. The van der Waals surface area contributed by atoms with Crippen LogP contribution < -0.4 is 0 Å². The molecule has 0 unspecified atom stereocenters. The van der Waals surface area contributed by atoms with Gasteiger partial charge in [0, 0.05) is 9.81 Å². The van der Waals surface area contributed by atoms with Crippen molar-refractivity contribution in [3.05, 3.63) is 22.0 Å². The Labute approximate surface area is 77.1 Å². The standard InChI is InChI=1S/C6H6N2O2S2/c9-7-3-5-1-2-6(4-8-10)12-11-5/h1-4,9-10H/b7-3+,8-4+. The molecular formula is C6H6N2O2S2. The third-order valence-corrected chi connectivity index (χ3v) is 3.37. The molecule has 0 amide bonds. The molecule has 0 aromatic heterocycles. The first kappa shape index (κ1) is 9.21. The van der Waals surface area contributed by atoms with Crippen molar-refractivity contribution in [3.8, 4) is 0 Å². The molecule has 1 rings (SSSR count). The molecule has 0 aliphatic carbocycles. The van der Waals surface area contributed by atoms with E-state index in [0.717, 1.165) is 9.81 Å². The number of hydrogen-bond acceptors (Lipinski definition) is 6. The summed E-state index contributed by atoms with van der Waals surface area (Å²) >= 11 is 0. The lowest BCUT2D eigenvalue weighted by Gasteiger charge is -2.04. The van der Waals surface area contributed by atoms with Crippen molar-refractivity contribution in [2.75, 3.05) is 0 Å². The first-order valence-electron chi connectivity index (χ1n) is 2.98. The second-order valence-electron chi connectivity index (χ2n) is 1.79. The number of hydrogen-bond donors (Lipinski definition) is 2. The predicted molar refractivity (Wildman–Crippen MR) is 51.9 cm³/mol. The molecular weight excluding hydrogens is 196 g/mol. The fourth-order valence-corrected chi connectivity index (χ4v) is 2.35. The second-order valence-corrected chi connectivity index (χ2v) is 4.07. The molecule has 0 bridgehead atoms. The van der Waals surface area contributed by atoms with Crippen molar-refractivity contribution in [1.29, 1.82) is 0 Å². The summed E-state index contributed by atoms with van der Waals surface area (Å²) in [7, 11) is 2.87. The van der Waals surface area contributed by atoms with Crippen LogP contribution in [0.1, 0.15) is 0 Å². The SMILES string of the molecule is O/N=C/C1=CC=C(/C=N/O)SS1. The minimum Gasteiger partial charge on any atom is -0.411 e. The molecule has 0 spiro atoms. The molecule has 64 valence electrons. The van der Waals surface area contributed by atoms with E-state index >= 15 is 0 Å². The first-order chi connectivity index (χ1) is 5.86. The number of rotatable bonds is 2. The minimum atomic E-state index is 0.845. The van der Waals surface area contributed by atoms with E-state index in [0.29, 0.717) is 0 Å². The largest absolute Gasteiger partial charge is 0.411 e. The number of oxime groups is 2. The van der Waals surface area contributed by atoms with Gasteiger partial charge in [0.1, 0.15) is 0 Å². The summed E-state index contributed by atoms with van der Waals surface area (Å²) in [5.41, 5.74) is 0.